The number of amides is 1. The first-order valence-corrected chi connectivity index (χ1v) is 4.37. The molecule has 16 heavy (non-hydrogen) atoms. The molecule has 1 aromatic rings. The van der Waals surface area contributed by atoms with Crippen LogP contribution in [-0.4, -0.2) is 12.3 Å². The maximum absolute atomic E-state index is 12.0. The van der Waals surface area contributed by atoms with Gasteiger partial charge in [-0.25, -0.2) is 0 Å². The lowest BCUT2D eigenvalue weighted by Crippen LogP contribution is -2.19. The molecular weight excluding hydrogens is 223 g/mol. The predicted molar refractivity (Wildman–Crippen MR) is 51.1 cm³/mol. The SMILES string of the molecule is Cc1cc(OC(F)(F)F)cc(C)c1C(N)=O. The van der Waals surface area contributed by atoms with Crippen molar-refractivity contribution < 1.29 is 22.7 Å². The zero-order valence-electron chi connectivity index (χ0n) is 8.68. The van der Waals surface area contributed by atoms with Crippen LogP contribution in [0.4, 0.5) is 13.2 Å². The molecular formula is C10H10F3NO2. The standard InChI is InChI=1S/C10H10F3NO2/c1-5-3-7(16-10(11,12)13)4-6(2)8(5)9(14)15/h3-4H,1-2H3,(H2,14,15). The Balaban J connectivity index is 3.15. The van der Waals surface area contributed by atoms with Crippen molar-refractivity contribution in [3.05, 3.63) is 28.8 Å². The average Bonchev–Trinajstić information content (AvgIpc) is 1.96. The van der Waals surface area contributed by atoms with Crippen LogP contribution in [0.3, 0.4) is 0 Å². The van der Waals surface area contributed by atoms with Gasteiger partial charge < -0.3 is 10.5 Å². The topological polar surface area (TPSA) is 52.3 Å². The number of nitrogens with two attached hydrogens (primary N) is 1. The molecule has 0 unspecified atom stereocenters. The van der Waals surface area contributed by atoms with E-state index in [4.69, 9.17) is 5.73 Å². The van der Waals surface area contributed by atoms with Gasteiger partial charge in [-0.15, -0.1) is 13.2 Å². The zero-order valence-corrected chi connectivity index (χ0v) is 8.68. The Labute approximate surface area is 90.0 Å². The summed E-state index contributed by atoms with van der Waals surface area (Å²) >= 11 is 0. The van der Waals surface area contributed by atoms with Crippen molar-refractivity contribution in [1.82, 2.24) is 0 Å². The lowest BCUT2D eigenvalue weighted by atomic mass is 10.0. The van der Waals surface area contributed by atoms with Gasteiger partial charge in [-0.3, -0.25) is 4.79 Å². The Kier molecular flexibility index (Phi) is 3.11. The monoisotopic (exact) mass is 233 g/mol. The minimum atomic E-state index is -4.74. The van der Waals surface area contributed by atoms with Crippen molar-refractivity contribution in [1.29, 1.82) is 0 Å². The van der Waals surface area contributed by atoms with Crippen molar-refractivity contribution in [2.45, 2.75) is 20.2 Å². The summed E-state index contributed by atoms with van der Waals surface area (Å²) in [5.41, 5.74) is 6.01. The molecule has 88 valence electrons. The number of hydrogen-bond donors (Lipinski definition) is 1. The fourth-order valence-electron chi connectivity index (χ4n) is 1.50. The number of hydrogen-bond acceptors (Lipinski definition) is 2. The number of aryl methyl sites for hydroxylation is 2. The van der Waals surface area contributed by atoms with E-state index < -0.39 is 12.3 Å². The minimum Gasteiger partial charge on any atom is -0.406 e. The Morgan fingerprint density at radius 1 is 1.25 bits per heavy atom. The summed E-state index contributed by atoms with van der Waals surface area (Å²) in [7, 11) is 0. The van der Waals surface area contributed by atoms with Crippen molar-refractivity contribution in [3.63, 3.8) is 0 Å². The molecule has 0 atom stereocenters. The number of halogens is 3. The molecule has 0 aliphatic rings. The molecule has 1 rings (SSSR count). The molecule has 3 nitrogen and oxygen atoms in total. The first kappa shape index (κ1) is 12.4. The molecule has 0 aliphatic carbocycles. The van der Waals surface area contributed by atoms with Crippen LogP contribution in [0.1, 0.15) is 21.5 Å². The van der Waals surface area contributed by atoms with Crippen molar-refractivity contribution in [2.75, 3.05) is 0 Å². The van der Waals surface area contributed by atoms with Crippen LogP contribution in [0.25, 0.3) is 0 Å². The fraction of sp³-hybridized carbons (Fsp3) is 0.300. The van der Waals surface area contributed by atoms with E-state index in [2.05, 4.69) is 4.74 Å². The van der Waals surface area contributed by atoms with E-state index in [1.807, 2.05) is 0 Å². The Morgan fingerprint density at radius 2 is 1.69 bits per heavy atom. The van der Waals surface area contributed by atoms with Crippen LogP contribution in [0.2, 0.25) is 0 Å². The minimum absolute atomic E-state index is 0.217. The van der Waals surface area contributed by atoms with Crippen molar-refractivity contribution >= 4 is 5.91 Å². The Bertz CT molecular complexity index is 404. The zero-order chi connectivity index (χ0) is 12.5. The number of alkyl halides is 3. The molecule has 0 heterocycles. The van der Waals surface area contributed by atoms with Gasteiger partial charge in [0.2, 0.25) is 5.91 Å². The van der Waals surface area contributed by atoms with Gasteiger partial charge >= 0.3 is 6.36 Å². The Hall–Kier alpha value is -1.72. The highest BCUT2D eigenvalue weighted by Gasteiger charge is 2.31. The van der Waals surface area contributed by atoms with Crippen LogP contribution in [-0.2, 0) is 0 Å². The molecule has 2 N–H and O–H groups in total. The summed E-state index contributed by atoms with van der Waals surface area (Å²) in [5.74, 6) is -1.03. The van der Waals surface area contributed by atoms with Crippen LogP contribution in [0.5, 0.6) is 5.75 Å². The van der Waals surface area contributed by atoms with E-state index in [9.17, 15) is 18.0 Å². The smallest absolute Gasteiger partial charge is 0.406 e. The second-order valence-electron chi connectivity index (χ2n) is 3.34. The molecule has 0 radical (unpaired) electrons. The first-order chi connectivity index (χ1) is 7.20. The van der Waals surface area contributed by atoms with Gasteiger partial charge in [0.05, 0.1) is 0 Å². The normalized spacial score (nSPS) is 11.3. The number of ether oxygens (including phenoxy) is 1. The maximum atomic E-state index is 12.0. The third-order valence-electron chi connectivity index (χ3n) is 1.99. The van der Waals surface area contributed by atoms with E-state index in [1.165, 1.54) is 13.8 Å². The van der Waals surface area contributed by atoms with Crippen LogP contribution in [0.15, 0.2) is 12.1 Å². The lowest BCUT2D eigenvalue weighted by molar-refractivity contribution is -0.274. The summed E-state index contributed by atoms with van der Waals surface area (Å²) in [5, 5.41) is 0. The molecule has 1 amide bonds. The van der Waals surface area contributed by atoms with E-state index in [-0.39, 0.29) is 11.3 Å². The third-order valence-corrected chi connectivity index (χ3v) is 1.99. The number of carbonyl (C=O) groups is 1. The van der Waals surface area contributed by atoms with Gasteiger partial charge in [0.1, 0.15) is 5.75 Å². The summed E-state index contributed by atoms with van der Waals surface area (Å²) in [6, 6.07) is 2.25. The van der Waals surface area contributed by atoms with Gasteiger partial charge in [-0.1, -0.05) is 0 Å². The maximum Gasteiger partial charge on any atom is 0.573 e. The largest absolute Gasteiger partial charge is 0.573 e. The van der Waals surface area contributed by atoms with Crippen LogP contribution >= 0.6 is 0 Å². The van der Waals surface area contributed by atoms with E-state index >= 15 is 0 Å². The lowest BCUT2D eigenvalue weighted by Gasteiger charge is -2.12. The van der Waals surface area contributed by atoms with Gasteiger partial charge in [0.15, 0.2) is 0 Å². The van der Waals surface area contributed by atoms with Crippen molar-refractivity contribution in [2.24, 2.45) is 5.73 Å². The van der Waals surface area contributed by atoms with Crippen LogP contribution < -0.4 is 10.5 Å². The number of carbonyl (C=O) groups excluding carboxylic acids is 1. The van der Waals surface area contributed by atoms with Gasteiger partial charge in [-0.2, -0.15) is 0 Å². The first-order valence-electron chi connectivity index (χ1n) is 4.37. The number of rotatable bonds is 2. The van der Waals surface area contributed by atoms with E-state index in [0.717, 1.165) is 12.1 Å². The molecule has 0 fully saturated rings. The average molecular weight is 233 g/mol. The molecule has 0 aromatic heterocycles. The molecule has 1 aromatic carbocycles. The summed E-state index contributed by atoms with van der Waals surface area (Å²) < 4.78 is 39.6. The molecule has 6 heteroatoms. The summed E-state index contributed by atoms with van der Waals surface area (Å²) in [6.07, 6.45) is -4.74. The van der Waals surface area contributed by atoms with Gasteiger partial charge in [0.25, 0.3) is 0 Å². The quantitative estimate of drug-likeness (QED) is 0.852. The van der Waals surface area contributed by atoms with E-state index in [0.29, 0.717) is 11.1 Å². The molecule has 0 aliphatic heterocycles. The fourth-order valence-corrected chi connectivity index (χ4v) is 1.50. The third kappa shape index (κ3) is 2.88. The number of primary amides is 1. The summed E-state index contributed by atoms with van der Waals surface area (Å²) in [6.45, 7) is 2.99. The predicted octanol–water partition coefficient (Wildman–Crippen LogP) is 2.30. The summed E-state index contributed by atoms with van der Waals surface area (Å²) in [4.78, 5) is 11.0. The Morgan fingerprint density at radius 3 is 2.00 bits per heavy atom. The highest BCUT2D eigenvalue weighted by atomic mass is 19.4. The van der Waals surface area contributed by atoms with Crippen LogP contribution in [0, 0.1) is 13.8 Å². The van der Waals surface area contributed by atoms with Gasteiger partial charge in [0, 0.05) is 5.56 Å². The van der Waals surface area contributed by atoms with Crippen molar-refractivity contribution in [3.8, 4) is 5.75 Å². The van der Waals surface area contributed by atoms with E-state index in [1.54, 1.807) is 0 Å². The molecule has 0 saturated carbocycles. The molecule has 0 bridgehead atoms. The molecule has 0 spiro atoms. The second kappa shape index (κ2) is 4.03. The van der Waals surface area contributed by atoms with Gasteiger partial charge in [-0.05, 0) is 37.1 Å². The highest BCUT2D eigenvalue weighted by molar-refractivity contribution is 5.96. The molecule has 0 saturated heterocycles. The number of benzene rings is 1. The second-order valence-corrected chi connectivity index (χ2v) is 3.34. The highest BCUT2D eigenvalue weighted by Crippen LogP contribution is 2.26.